The summed E-state index contributed by atoms with van der Waals surface area (Å²) in [5.74, 6) is 0.224. The zero-order valence-corrected chi connectivity index (χ0v) is 12.2. The number of pyridine rings is 1. The normalized spacial score (nSPS) is 15.7. The first-order chi connectivity index (χ1) is 10.7. The minimum Gasteiger partial charge on any atom is -0.364 e. The molecule has 2 aromatic rings. The Labute approximate surface area is 128 Å². The van der Waals surface area contributed by atoms with Crippen molar-refractivity contribution in [3.05, 3.63) is 47.9 Å². The Balaban J connectivity index is 1.56. The average molecular weight is 298 g/mol. The van der Waals surface area contributed by atoms with E-state index in [0.29, 0.717) is 0 Å². The molecule has 22 heavy (non-hydrogen) atoms. The van der Waals surface area contributed by atoms with Gasteiger partial charge in [0.15, 0.2) is 11.5 Å². The van der Waals surface area contributed by atoms with Crippen LogP contribution in [0.25, 0.3) is 0 Å². The van der Waals surface area contributed by atoms with Crippen molar-refractivity contribution in [2.75, 3.05) is 31.1 Å². The summed E-state index contributed by atoms with van der Waals surface area (Å²) in [5, 5.41) is 7.93. The first-order valence-corrected chi connectivity index (χ1v) is 7.23. The summed E-state index contributed by atoms with van der Waals surface area (Å²) in [7, 11) is 0. The fourth-order valence-electron chi connectivity index (χ4n) is 2.48. The standard InChI is InChI=1S/C15H18N6O/c16-15(22)13-4-5-14(19-18-13)21-9-7-20(8-10-21)11-12-3-1-2-6-17-12/h1-6H,7-11H2,(H2,16,22). The molecule has 7 nitrogen and oxygen atoms in total. The van der Waals surface area contributed by atoms with Gasteiger partial charge in [-0.05, 0) is 24.3 Å². The van der Waals surface area contributed by atoms with Crippen LogP contribution < -0.4 is 10.6 Å². The Morgan fingerprint density at radius 1 is 1.09 bits per heavy atom. The quantitative estimate of drug-likeness (QED) is 0.873. The van der Waals surface area contributed by atoms with Gasteiger partial charge >= 0.3 is 0 Å². The number of hydrogen-bond donors (Lipinski definition) is 1. The highest BCUT2D eigenvalue weighted by molar-refractivity contribution is 5.90. The Morgan fingerprint density at radius 2 is 1.91 bits per heavy atom. The van der Waals surface area contributed by atoms with Gasteiger partial charge in [-0.1, -0.05) is 6.07 Å². The third kappa shape index (κ3) is 3.37. The second-order valence-electron chi connectivity index (χ2n) is 5.23. The van der Waals surface area contributed by atoms with E-state index in [4.69, 9.17) is 5.73 Å². The predicted molar refractivity (Wildman–Crippen MR) is 82.3 cm³/mol. The molecule has 3 rings (SSSR count). The van der Waals surface area contributed by atoms with Crippen molar-refractivity contribution in [1.82, 2.24) is 20.1 Å². The number of nitrogens with zero attached hydrogens (tertiary/aromatic N) is 5. The number of anilines is 1. The van der Waals surface area contributed by atoms with Crippen LogP contribution in [0.4, 0.5) is 5.82 Å². The summed E-state index contributed by atoms with van der Waals surface area (Å²) in [4.78, 5) is 19.9. The summed E-state index contributed by atoms with van der Waals surface area (Å²) < 4.78 is 0. The fraction of sp³-hybridized carbons (Fsp3) is 0.333. The van der Waals surface area contributed by atoms with Gasteiger partial charge in [-0.2, -0.15) is 0 Å². The first kappa shape index (κ1) is 14.4. The van der Waals surface area contributed by atoms with Crippen molar-refractivity contribution < 1.29 is 4.79 Å². The van der Waals surface area contributed by atoms with Crippen LogP contribution in [0, 0.1) is 0 Å². The number of carbonyl (C=O) groups excluding carboxylic acids is 1. The molecule has 0 aliphatic carbocycles. The molecule has 2 aromatic heterocycles. The molecule has 0 aromatic carbocycles. The molecule has 0 bridgehead atoms. The number of amides is 1. The molecule has 1 amide bonds. The van der Waals surface area contributed by atoms with Gasteiger partial charge in [-0.3, -0.25) is 14.7 Å². The number of carbonyl (C=O) groups is 1. The molecule has 1 aliphatic heterocycles. The number of nitrogens with two attached hydrogens (primary N) is 1. The van der Waals surface area contributed by atoms with Gasteiger partial charge in [-0.15, -0.1) is 10.2 Å². The van der Waals surface area contributed by atoms with Crippen LogP contribution in [0.5, 0.6) is 0 Å². The molecule has 3 heterocycles. The maximum absolute atomic E-state index is 11.0. The molecule has 0 spiro atoms. The van der Waals surface area contributed by atoms with Crippen molar-refractivity contribution >= 4 is 11.7 Å². The molecule has 0 saturated carbocycles. The van der Waals surface area contributed by atoms with E-state index in [9.17, 15) is 4.79 Å². The molecular weight excluding hydrogens is 280 g/mol. The van der Waals surface area contributed by atoms with Crippen molar-refractivity contribution in [2.45, 2.75) is 6.54 Å². The Morgan fingerprint density at radius 3 is 2.50 bits per heavy atom. The molecule has 7 heteroatoms. The zero-order chi connectivity index (χ0) is 15.4. The van der Waals surface area contributed by atoms with E-state index in [1.54, 1.807) is 12.1 Å². The van der Waals surface area contributed by atoms with Crippen molar-refractivity contribution in [1.29, 1.82) is 0 Å². The molecule has 0 atom stereocenters. The lowest BCUT2D eigenvalue weighted by Gasteiger charge is -2.34. The van der Waals surface area contributed by atoms with Gasteiger partial charge in [0, 0.05) is 38.9 Å². The maximum Gasteiger partial charge on any atom is 0.269 e. The third-order valence-corrected chi connectivity index (χ3v) is 3.71. The second kappa shape index (κ2) is 6.48. The summed E-state index contributed by atoms with van der Waals surface area (Å²) in [5.41, 5.74) is 6.44. The van der Waals surface area contributed by atoms with E-state index < -0.39 is 5.91 Å². The van der Waals surface area contributed by atoms with Crippen LogP contribution in [-0.2, 0) is 6.54 Å². The van der Waals surface area contributed by atoms with Gasteiger partial charge < -0.3 is 10.6 Å². The summed E-state index contributed by atoms with van der Waals surface area (Å²) in [6, 6.07) is 9.39. The number of aromatic nitrogens is 3. The van der Waals surface area contributed by atoms with Crippen LogP contribution in [0.15, 0.2) is 36.5 Å². The van der Waals surface area contributed by atoms with E-state index in [1.165, 1.54) is 0 Å². The van der Waals surface area contributed by atoms with Crippen LogP contribution in [0.2, 0.25) is 0 Å². The first-order valence-electron chi connectivity index (χ1n) is 7.23. The lowest BCUT2D eigenvalue weighted by atomic mass is 10.2. The fourth-order valence-corrected chi connectivity index (χ4v) is 2.48. The molecule has 1 fully saturated rings. The molecule has 1 aliphatic rings. The average Bonchev–Trinajstić information content (AvgIpc) is 2.57. The van der Waals surface area contributed by atoms with Crippen molar-refractivity contribution in [2.24, 2.45) is 5.73 Å². The van der Waals surface area contributed by atoms with E-state index in [2.05, 4.69) is 25.0 Å². The highest BCUT2D eigenvalue weighted by Crippen LogP contribution is 2.14. The van der Waals surface area contributed by atoms with Gasteiger partial charge in [-0.25, -0.2) is 0 Å². The van der Waals surface area contributed by atoms with Gasteiger partial charge in [0.25, 0.3) is 5.91 Å². The Hall–Kier alpha value is -2.54. The topological polar surface area (TPSA) is 88.2 Å². The van der Waals surface area contributed by atoms with E-state index in [-0.39, 0.29) is 5.69 Å². The monoisotopic (exact) mass is 298 g/mol. The van der Waals surface area contributed by atoms with Crippen LogP contribution >= 0.6 is 0 Å². The molecule has 1 saturated heterocycles. The van der Waals surface area contributed by atoms with Gasteiger partial charge in [0.1, 0.15) is 0 Å². The van der Waals surface area contributed by atoms with E-state index in [0.717, 1.165) is 44.2 Å². The van der Waals surface area contributed by atoms with Crippen LogP contribution in [0.1, 0.15) is 16.2 Å². The molecular formula is C15H18N6O. The number of primary amides is 1. The second-order valence-corrected chi connectivity index (χ2v) is 5.23. The largest absolute Gasteiger partial charge is 0.364 e. The third-order valence-electron chi connectivity index (χ3n) is 3.71. The lowest BCUT2D eigenvalue weighted by Crippen LogP contribution is -2.46. The Kier molecular flexibility index (Phi) is 4.24. The minimum atomic E-state index is -0.556. The smallest absolute Gasteiger partial charge is 0.269 e. The van der Waals surface area contributed by atoms with Gasteiger partial charge in [0.2, 0.25) is 0 Å². The Bertz CT molecular complexity index is 622. The number of piperazine rings is 1. The summed E-state index contributed by atoms with van der Waals surface area (Å²) in [6.07, 6.45) is 1.82. The highest BCUT2D eigenvalue weighted by Gasteiger charge is 2.19. The molecule has 2 N–H and O–H groups in total. The highest BCUT2D eigenvalue weighted by atomic mass is 16.1. The summed E-state index contributed by atoms with van der Waals surface area (Å²) in [6.45, 7) is 4.49. The SMILES string of the molecule is NC(=O)c1ccc(N2CCN(Cc3ccccn3)CC2)nn1. The molecule has 0 unspecified atom stereocenters. The van der Waals surface area contributed by atoms with Gasteiger partial charge in [0.05, 0.1) is 5.69 Å². The minimum absolute atomic E-state index is 0.192. The lowest BCUT2D eigenvalue weighted by molar-refractivity contribution is 0.0994. The number of hydrogen-bond acceptors (Lipinski definition) is 6. The van der Waals surface area contributed by atoms with Crippen LogP contribution in [-0.4, -0.2) is 52.2 Å². The van der Waals surface area contributed by atoms with E-state index >= 15 is 0 Å². The van der Waals surface area contributed by atoms with Crippen molar-refractivity contribution in [3.8, 4) is 0 Å². The summed E-state index contributed by atoms with van der Waals surface area (Å²) >= 11 is 0. The maximum atomic E-state index is 11.0. The van der Waals surface area contributed by atoms with E-state index in [1.807, 2.05) is 24.4 Å². The van der Waals surface area contributed by atoms with Crippen LogP contribution in [0.3, 0.4) is 0 Å². The molecule has 114 valence electrons. The van der Waals surface area contributed by atoms with Crippen molar-refractivity contribution in [3.63, 3.8) is 0 Å². The number of rotatable bonds is 4. The predicted octanol–water partition coefficient (Wildman–Crippen LogP) is 0.293. The zero-order valence-electron chi connectivity index (χ0n) is 12.2. The molecule has 0 radical (unpaired) electrons.